The highest BCUT2D eigenvalue weighted by atomic mass is 32.2. The number of aryl methyl sites for hydroxylation is 2. The normalized spacial score (nSPS) is 11.3. The first-order valence-corrected chi connectivity index (χ1v) is 9.61. The molecule has 0 bridgehead atoms. The van der Waals surface area contributed by atoms with Gasteiger partial charge in [0.1, 0.15) is 0 Å². The Bertz CT molecular complexity index is 931. The predicted octanol–water partition coefficient (Wildman–Crippen LogP) is 4.70. The lowest BCUT2D eigenvalue weighted by Gasteiger charge is -2.25. The molecule has 3 nitrogen and oxygen atoms in total. The minimum absolute atomic E-state index is 0.293. The van der Waals surface area contributed by atoms with Crippen molar-refractivity contribution in [2.75, 3.05) is 4.31 Å². The van der Waals surface area contributed by atoms with E-state index in [0.29, 0.717) is 17.1 Å². The number of hydrogen-bond acceptors (Lipinski definition) is 2. The van der Waals surface area contributed by atoms with Crippen molar-refractivity contribution in [1.82, 2.24) is 0 Å². The second kappa shape index (κ2) is 7.11. The minimum Gasteiger partial charge on any atom is -0.262 e. The van der Waals surface area contributed by atoms with E-state index in [-0.39, 0.29) is 0 Å². The fraction of sp³-hybridized carbons (Fsp3) is 0.143. The summed E-state index contributed by atoms with van der Waals surface area (Å²) in [6.07, 6.45) is 0. The molecule has 0 fully saturated rings. The minimum atomic E-state index is -3.65. The van der Waals surface area contributed by atoms with E-state index in [9.17, 15) is 8.42 Å². The number of rotatable bonds is 5. The van der Waals surface area contributed by atoms with Gasteiger partial charge in [0.25, 0.3) is 10.0 Å². The quantitative estimate of drug-likeness (QED) is 0.668. The summed E-state index contributed by atoms with van der Waals surface area (Å²) >= 11 is 0. The van der Waals surface area contributed by atoms with Gasteiger partial charge in [-0.05, 0) is 54.8 Å². The Balaban J connectivity index is 2.12. The third-order valence-corrected chi connectivity index (χ3v) is 5.78. The molecule has 0 saturated heterocycles. The molecule has 0 spiro atoms. The van der Waals surface area contributed by atoms with Gasteiger partial charge in [0.2, 0.25) is 0 Å². The lowest BCUT2D eigenvalue weighted by atomic mass is 10.1. The maximum absolute atomic E-state index is 13.3. The predicted molar refractivity (Wildman–Crippen MR) is 102 cm³/mol. The fourth-order valence-electron chi connectivity index (χ4n) is 2.88. The Morgan fingerprint density at radius 3 is 1.84 bits per heavy atom. The third-order valence-electron chi connectivity index (χ3n) is 3.99. The van der Waals surface area contributed by atoms with Crippen molar-refractivity contribution in [3.05, 3.63) is 95.6 Å². The van der Waals surface area contributed by atoms with Crippen molar-refractivity contribution in [3.8, 4) is 0 Å². The number of sulfonamides is 1. The smallest absolute Gasteiger partial charge is 0.262 e. The summed E-state index contributed by atoms with van der Waals surface area (Å²) in [7, 11) is -3.65. The van der Waals surface area contributed by atoms with Gasteiger partial charge in [0, 0.05) is 0 Å². The van der Waals surface area contributed by atoms with E-state index < -0.39 is 10.0 Å². The van der Waals surface area contributed by atoms with Crippen molar-refractivity contribution in [3.63, 3.8) is 0 Å². The number of anilines is 1. The summed E-state index contributed by atoms with van der Waals surface area (Å²) in [6.45, 7) is 4.25. The summed E-state index contributed by atoms with van der Waals surface area (Å²) < 4.78 is 28.1. The van der Waals surface area contributed by atoms with Crippen molar-refractivity contribution < 1.29 is 8.42 Å². The molecule has 0 N–H and O–H groups in total. The standard InChI is InChI=1S/C21H21NO2S/c1-17-13-18(2)15-20(14-17)22(16-19-9-5-3-6-10-19)25(23,24)21-11-7-4-8-12-21/h3-15H,16H2,1-2H3. The lowest BCUT2D eigenvalue weighted by Crippen LogP contribution is -2.30. The van der Waals surface area contributed by atoms with E-state index >= 15 is 0 Å². The van der Waals surface area contributed by atoms with Gasteiger partial charge in [-0.2, -0.15) is 0 Å². The van der Waals surface area contributed by atoms with Crippen LogP contribution in [-0.2, 0) is 16.6 Å². The Kier molecular flexibility index (Phi) is 4.91. The largest absolute Gasteiger partial charge is 0.264 e. The van der Waals surface area contributed by atoms with Crippen LogP contribution in [0.15, 0.2) is 83.8 Å². The summed E-state index contributed by atoms with van der Waals surface area (Å²) in [5.41, 5.74) is 3.71. The molecule has 3 rings (SSSR count). The molecule has 0 unspecified atom stereocenters. The summed E-state index contributed by atoms with van der Waals surface area (Å²) in [5.74, 6) is 0. The van der Waals surface area contributed by atoms with Crippen molar-refractivity contribution in [2.45, 2.75) is 25.3 Å². The van der Waals surface area contributed by atoms with Gasteiger partial charge in [-0.15, -0.1) is 0 Å². The second-order valence-electron chi connectivity index (χ2n) is 6.16. The number of hydrogen-bond donors (Lipinski definition) is 0. The molecule has 0 aliphatic carbocycles. The Labute approximate surface area is 149 Å². The molecule has 0 heterocycles. The first-order chi connectivity index (χ1) is 12.0. The molecule has 0 aliphatic rings. The molecule has 0 radical (unpaired) electrons. The van der Waals surface area contributed by atoms with Crippen LogP contribution in [0.5, 0.6) is 0 Å². The lowest BCUT2D eigenvalue weighted by molar-refractivity contribution is 0.590. The molecule has 25 heavy (non-hydrogen) atoms. The zero-order valence-corrected chi connectivity index (χ0v) is 15.2. The van der Waals surface area contributed by atoms with Gasteiger partial charge < -0.3 is 0 Å². The number of nitrogens with zero attached hydrogens (tertiary/aromatic N) is 1. The van der Waals surface area contributed by atoms with E-state index in [4.69, 9.17) is 0 Å². The van der Waals surface area contributed by atoms with Crippen molar-refractivity contribution >= 4 is 15.7 Å². The highest BCUT2D eigenvalue weighted by Gasteiger charge is 2.25. The average molecular weight is 351 g/mol. The van der Waals surface area contributed by atoms with Gasteiger partial charge >= 0.3 is 0 Å². The first-order valence-electron chi connectivity index (χ1n) is 8.17. The van der Waals surface area contributed by atoms with Crippen molar-refractivity contribution in [2.24, 2.45) is 0 Å². The molecular weight excluding hydrogens is 330 g/mol. The molecule has 128 valence electrons. The van der Waals surface area contributed by atoms with Crippen LogP contribution >= 0.6 is 0 Å². The van der Waals surface area contributed by atoms with Gasteiger partial charge in [0.05, 0.1) is 17.1 Å². The van der Waals surface area contributed by atoms with Crippen LogP contribution < -0.4 is 4.31 Å². The summed E-state index contributed by atoms with van der Waals surface area (Å²) in [5, 5.41) is 0. The summed E-state index contributed by atoms with van der Waals surface area (Å²) in [6, 6.07) is 24.1. The molecule has 0 aliphatic heterocycles. The molecule has 0 aromatic heterocycles. The van der Waals surface area contributed by atoms with Crippen LogP contribution in [-0.4, -0.2) is 8.42 Å². The van der Waals surface area contributed by atoms with Crippen molar-refractivity contribution in [1.29, 1.82) is 0 Å². The first kappa shape index (κ1) is 17.2. The zero-order chi connectivity index (χ0) is 17.9. The molecule has 3 aromatic rings. The topological polar surface area (TPSA) is 37.4 Å². The fourth-order valence-corrected chi connectivity index (χ4v) is 4.34. The van der Waals surface area contributed by atoms with E-state index in [2.05, 4.69) is 0 Å². The van der Waals surface area contributed by atoms with E-state index in [1.54, 1.807) is 24.3 Å². The maximum Gasteiger partial charge on any atom is 0.264 e. The van der Waals surface area contributed by atoms with Crippen LogP contribution in [0.2, 0.25) is 0 Å². The third kappa shape index (κ3) is 3.91. The molecule has 0 amide bonds. The molecule has 3 aromatic carbocycles. The van der Waals surface area contributed by atoms with Gasteiger partial charge in [-0.1, -0.05) is 54.6 Å². The second-order valence-corrected chi connectivity index (χ2v) is 8.02. The molecule has 4 heteroatoms. The van der Waals surface area contributed by atoms with Crippen LogP contribution in [0.25, 0.3) is 0 Å². The van der Waals surface area contributed by atoms with Crippen LogP contribution in [0.3, 0.4) is 0 Å². The Morgan fingerprint density at radius 2 is 1.28 bits per heavy atom. The van der Waals surface area contributed by atoms with Crippen LogP contribution in [0.1, 0.15) is 16.7 Å². The van der Waals surface area contributed by atoms with Crippen LogP contribution in [0, 0.1) is 13.8 Å². The molecule has 0 atom stereocenters. The Hall–Kier alpha value is -2.59. The SMILES string of the molecule is Cc1cc(C)cc(N(Cc2ccccc2)S(=O)(=O)c2ccccc2)c1. The monoisotopic (exact) mass is 351 g/mol. The van der Waals surface area contributed by atoms with E-state index in [1.807, 2.05) is 68.4 Å². The maximum atomic E-state index is 13.3. The summed E-state index contributed by atoms with van der Waals surface area (Å²) in [4.78, 5) is 0.296. The van der Waals surface area contributed by atoms with Gasteiger partial charge in [0.15, 0.2) is 0 Å². The van der Waals surface area contributed by atoms with E-state index in [0.717, 1.165) is 16.7 Å². The molecular formula is C21H21NO2S. The van der Waals surface area contributed by atoms with Gasteiger partial charge in [-0.25, -0.2) is 8.42 Å². The van der Waals surface area contributed by atoms with Crippen LogP contribution in [0.4, 0.5) is 5.69 Å². The van der Waals surface area contributed by atoms with E-state index in [1.165, 1.54) is 4.31 Å². The number of benzene rings is 3. The Morgan fingerprint density at radius 1 is 0.760 bits per heavy atom. The highest BCUT2D eigenvalue weighted by molar-refractivity contribution is 7.92. The van der Waals surface area contributed by atoms with Gasteiger partial charge in [-0.3, -0.25) is 4.31 Å². The molecule has 0 saturated carbocycles. The zero-order valence-electron chi connectivity index (χ0n) is 14.4. The highest BCUT2D eigenvalue weighted by Crippen LogP contribution is 2.27. The average Bonchev–Trinajstić information content (AvgIpc) is 2.60.